The van der Waals surface area contributed by atoms with Crippen molar-refractivity contribution in [3.63, 3.8) is 0 Å². The van der Waals surface area contributed by atoms with Crippen molar-refractivity contribution in [1.29, 1.82) is 0 Å². The quantitative estimate of drug-likeness (QED) is 0.0147. The zero-order valence-electron chi connectivity index (χ0n) is 58.4. The number of amides is 6. The average Bonchev–Trinajstić information content (AvgIpc) is 1.55. The molecule has 2 fully saturated rings. The molecule has 0 saturated carbocycles. The fourth-order valence-corrected chi connectivity index (χ4v) is 13.1. The number of methoxy groups -OCH3 is 2. The van der Waals surface area contributed by atoms with Gasteiger partial charge in [-0.2, -0.15) is 0 Å². The van der Waals surface area contributed by atoms with E-state index in [2.05, 4.69) is 42.2 Å². The van der Waals surface area contributed by atoms with E-state index in [0.29, 0.717) is 50.2 Å². The zero-order valence-corrected chi connectivity index (χ0v) is 60.0. The first-order valence-corrected chi connectivity index (χ1v) is 35.1. The van der Waals surface area contributed by atoms with Crippen LogP contribution in [0.25, 0.3) is 0 Å². The molecule has 16 atom stereocenters. The van der Waals surface area contributed by atoms with Gasteiger partial charge in [-0.05, 0) is 67.6 Å². The molecule has 8 N–H and O–H groups in total. The molecule has 28 nitrogen and oxygen atoms in total. The first-order chi connectivity index (χ1) is 46.1. The topological polar surface area (TPSA) is 369 Å². The Morgan fingerprint density at radius 2 is 1.49 bits per heavy atom. The van der Waals surface area contributed by atoms with E-state index in [1.165, 1.54) is 38.3 Å². The van der Waals surface area contributed by atoms with E-state index in [-0.39, 0.29) is 47.4 Å². The molecule has 2 aliphatic heterocycles. The average molecular weight is 1430 g/mol. The number of hydrogen-bond acceptors (Lipinski definition) is 20. The van der Waals surface area contributed by atoms with Crippen LogP contribution >= 0.6 is 15.9 Å². The second kappa shape index (κ2) is 40.0. The summed E-state index contributed by atoms with van der Waals surface area (Å²) in [5, 5.41) is 82.7. The number of carbonyl (C=O) groups is 6. The number of alkyl halides is 1. The number of unbranched alkanes of at least 4 members (excludes halogenated alkanes) is 7. The summed E-state index contributed by atoms with van der Waals surface area (Å²) in [4.78, 5) is 101. The molecule has 0 bridgehead atoms. The van der Waals surface area contributed by atoms with Gasteiger partial charge in [-0.15, -0.1) is 5.10 Å². The van der Waals surface area contributed by atoms with Crippen molar-refractivity contribution in [2.45, 2.75) is 231 Å². The largest absolute Gasteiger partial charge is 0.455 e. The second-order valence-corrected chi connectivity index (χ2v) is 27.0. The minimum atomic E-state index is -1.89. The van der Waals surface area contributed by atoms with Crippen LogP contribution in [0.5, 0.6) is 5.75 Å². The number of nitrogens with zero attached hydrogens (tertiary/aromatic N) is 7. The maximum atomic E-state index is 15.0. The van der Waals surface area contributed by atoms with Gasteiger partial charge in [0.1, 0.15) is 42.6 Å². The van der Waals surface area contributed by atoms with Crippen LogP contribution < -0.4 is 20.7 Å². The summed E-state index contributed by atoms with van der Waals surface area (Å²) in [6, 6.07) is 8.49. The van der Waals surface area contributed by atoms with Gasteiger partial charge in [0, 0.05) is 66.6 Å². The molecular formula is C68H107BrN10O18. The van der Waals surface area contributed by atoms with Crippen LogP contribution in [0.1, 0.15) is 161 Å². The fourth-order valence-electron chi connectivity index (χ4n) is 12.9. The summed E-state index contributed by atoms with van der Waals surface area (Å²) in [6.45, 7) is 15.1. The molecule has 1 aromatic heterocycles. The number of aromatic nitrogens is 3. The van der Waals surface area contributed by atoms with Crippen LogP contribution in [0.2, 0.25) is 0 Å². The van der Waals surface area contributed by atoms with Gasteiger partial charge in [-0.3, -0.25) is 43.7 Å². The molecule has 29 heteroatoms. The highest BCUT2D eigenvalue weighted by Gasteiger charge is 2.47. The molecule has 0 spiro atoms. The summed E-state index contributed by atoms with van der Waals surface area (Å²) in [5.74, 6) is -4.26. The molecular weight excluding hydrogens is 1320 g/mol. The molecule has 3 heterocycles. The first-order valence-electron chi connectivity index (χ1n) is 34.0. The van der Waals surface area contributed by atoms with Crippen molar-refractivity contribution in [3.8, 4) is 5.75 Å². The predicted molar refractivity (Wildman–Crippen MR) is 362 cm³/mol. The highest BCUT2D eigenvalue weighted by molar-refractivity contribution is 9.09. The lowest BCUT2D eigenvalue weighted by molar-refractivity contribution is -0.387. The molecule has 2 saturated heterocycles. The van der Waals surface area contributed by atoms with Crippen LogP contribution in [-0.4, -0.2) is 222 Å². The lowest BCUT2D eigenvalue weighted by Gasteiger charge is -2.41. The SMILES string of the molecule is CC[C@H](C)[C@@H]([C@@H](CC(=O)N1CCC[C@H]1[C@H](OC)[C@@H](C)C(=O)N[C@H](C)[C@@H](O)c1ccccc1)OC)N(C)C(=O)[C@@H](NC(=O)[C@H](C(C)C)N(C)C(=O)OC(Cc1cn(CCCCCCCCCCNC(=O)CBr)nn1)c1ccc(OC2O[C@H](CO)[C@H](O)[C@H](O)[C@H]2O)c([N+](=O)[O-])c1)C(C)C. The molecule has 97 heavy (non-hydrogen) atoms. The summed E-state index contributed by atoms with van der Waals surface area (Å²) in [5.41, 5.74) is 0.422. The molecule has 6 amide bonds. The first kappa shape index (κ1) is 81.2. The van der Waals surface area contributed by atoms with Gasteiger partial charge in [0.05, 0.1) is 71.3 Å². The minimum absolute atomic E-state index is 0.0279. The number of aliphatic hydroxyl groups excluding tert-OH is 5. The molecule has 544 valence electrons. The van der Waals surface area contributed by atoms with E-state index in [4.69, 9.17) is 23.7 Å². The summed E-state index contributed by atoms with van der Waals surface area (Å²) < 4.78 is 31.1. The van der Waals surface area contributed by atoms with E-state index in [0.717, 1.165) is 62.3 Å². The monoisotopic (exact) mass is 1430 g/mol. The number of nitrogens with one attached hydrogen (secondary N) is 3. The van der Waals surface area contributed by atoms with Gasteiger partial charge >= 0.3 is 11.8 Å². The molecule has 5 rings (SSSR count). The maximum absolute atomic E-state index is 15.0. The normalized spacial score (nSPS) is 21.1. The van der Waals surface area contributed by atoms with Gasteiger partial charge in [-0.1, -0.05) is 151 Å². The van der Waals surface area contributed by atoms with Gasteiger partial charge < -0.3 is 75.0 Å². The van der Waals surface area contributed by atoms with Crippen molar-refractivity contribution < 1.29 is 82.9 Å². The smallest absolute Gasteiger partial charge is 0.410 e. The third kappa shape index (κ3) is 22.8. The van der Waals surface area contributed by atoms with E-state index >= 15 is 4.79 Å². The summed E-state index contributed by atoms with van der Waals surface area (Å²) >= 11 is 3.15. The number of hydrogen-bond donors (Lipinski definition) is 8. The van der Waals surface area contributed by atoms with Gasteiger partial charge in [0.25, 0.3) is 0 Å². The Balaban J connectivity index is 1.32. The lowest BCUT2D eigenvalue weighted by Crippen LogP contribution is -2.60. The van der Waals surface area contributed by atoms with Crippen molar-refractivity contribution in [1.82, 2.24) is 45.6 Å². The van der Waals surface area contributed by atoms with Crippen LogP contribution in [0.4, 0.5) is 10.5 Å². The number of halogens is 1. The van der Waals surface area contributed by atoms with E-state index in [1.54, 1.807) is 76.5 Å². The highest BCUT2D eigenvalue weighted by atomic mass is 79.9. The maximum Gasteiger partial charge on any atom is 0.410 e. The Kier molecular flexibility index (Phi) is 33.5. The Morgan fingerprint density at radius 3 is 2.09 bits per heavy atom. The third-order valence-corrected chi connectivity index (χ3v) is 19.2. The van der Waals surface area contributed by atoms with E-state index in [1.807, 2.05) is 32.0 Å². The number of carbonyl (C=O) groups excluding carboxylic acids is 6. The number of likely N-dealkylation sites (tertiary alicyclic amines) is 1. The Hall–Kier alpha value is -6.44. The molecule has 3 aromatic rings. The molecule has 0 radical (unpaired) electrons. The minimum Gasteiger partial charge on any atom is -0.455 e. The lowest BCUT2D eigenvalue weighted by atomic mass is 9.89. The fraction of sp³-hybridized carbons (Fsp3) is 0.706. The number of rotatable bonds is 40. The van der Waals surface area contributed by atoms with Crippen LogP contribution in [0.15, 0.2) is 54.7 Å². The van der Waals surface area contributed by atoms with Gasteiger partial charge in [0.2, 0.25) is 35.8 Å². The van der Waals surface area contributed by atoms with Crippen molar-refractivity contribution in [3.05, 3.63) is 81.7 Å². The second-order valence-electron chi connectivity index (χ2n) is 26.4. The van der Waals surface area contributed by atoms with Gasteiger partial charge in [-0.25, -0.2) is 4.79 Å². The summed E-state index contributed by atoms with van der Waals surface area (Å²) in [7, 11) is 5.95. The molecule has 0 aliphatic carbocycles. The predicted octanol–water partition coefficient (Wildman–Crippen LogP) is 5.67. The molecule has 2 aliphatic rings. The number of benzene rings is 2. The van der Waals surface area contributed by atoms with Crippen LogP contribution in [0, 0.1) is 33.8 Å². The standard InChI is InChI=1S/C68H107BrN10O18/c1-13-42(6)58(52(93-11)36-55(82)78-33-25-28-48(78)63(94-12)43(7)64(87)71-44(8)59(83)45-26-21-20-22-27-45)75(9)66(89)56(40(2)3)72-65(88)57(41(4)5)76(10)68(90)97-51(35-47-38-77(74-73-47)32-24-19-17-15-14-16-18-23-31-70-54(81)37-69)46-29-30-50(49(34-46)79(91)92)95-67-62(86)61(85)60(84)53(39-80)96-67/h20-22,26-27,29-30,34,38,40-44,48,51-53,56-63,67,80,83-86H,13-19,23-25,28,31-33,35-37,39H2,1-12H3,(H,70,81)(H,71,87)(H,72,88)/t42-,43+,44+,48-,51?,52+,53+,56-,57-,58-,59+,60-,61-,62+,63+,67?/m0/s1. The van der Waals surface area contributed by atoms with Crippen molar-refractivity contribution in [2.75, 3.05) is 53.3 Å². The van der Waals surface area contributed by atoms with Crippen molar-refractivity contribution in [2.24, 2.45) is 23.7 Å². The number of aliphatic hydroxyl groups is 5. The van der Waals surface area contributed by atoms with E-state index in [9.17, 15) is 59.6 Å². The van der Waals surface area contributed by atoms with E-state index < -0.39 is 144 Å². The van der Waals surface area contributed by atoms with Crippen LogP contribution in [0.3, 0.4) is 0 Å². The number of nitro groups is 1. The molecule has 2 unspecified atom stereocenters. The number of ether oxygens (including phenoxy) is 5. The number of nitro benzene ring substituents is 1. The Labute approximate surface area is 578 Å². The molecule has 2 aromatic carbocycles. The van der Waals surface area contributed by atoms with Gasteiger partial charge in [0.15, 0.2) is 5.75 Å². The van der Waals surface area contributed by atoms with Crippen LogP contribution in [-0.2, 0) is 55.9 Å². The zero-order chi connectivity index (χ0) is 71.8. The Morgan fingerprint density at radius 1 is 0.835 bits per heavy atom. The summed E-state index contributed by atoms with van der Waals surface area (Å²) in [6.07, 6.45) is -2.34. The highest BCUT2D eigenvalue weighted by Crippen LogP contribution is 2.37. The van der Waals surface area contributed by atoms with Crippen molar-refractivity contribution >= 4 is 57.2 Å². The third-order valence-electron chi connectivity index (χ3n) is 18.7. The number of likely N-dealkylation sites (N-methyl/N-ethyl adjacent to an activating group) is 2. The Bertz CT molecular complexity index is 2970. The number of aryl methyl sites for hydroxylation is 1.